The van der Waals surface area contributed by atoms with Crippen LogP contribution in [0.3, 0.4) is 0 Å². The summed E-state index contributed by atoms with van der Waals surface area (Å²) in [7, 11) is -1.43. The van der Waals surface area contributed by atoms with E-state index in [2.05, 4.69) is 56.2 Å². The van der Waals surface area contributed by atoms with Gasteiger partial charge in [-0.15, -0.1) is 0 Å². The van der Waals surface area contributed by atoms with Gasteiger partial charge in [0.2, 0.25) is 0 Å². The van der Waals surface area contributed by atoms with E-state index in [0.717, 1.165) is 6.54 Å². The molecule has 1 aromatic rings. The Morgan fingerprint density at radius 1 is 0.485 bits per heavy atom. The predicted octanol–water partition coefficient (Wildman–Crippen LogP) is 10.5. The average molecular weight is 478 g/mol. The molecule has 2 heteroatoms. The van der Waals surface area contributed by atoms with E-state index in [1.54, 1.807) is 0 Å². The molecule has 1 N–H and O–H groups in total. The number of benzene rings is 1. The zero-order valence-corrected chi connectivity index (χ0v) is 23.9. The molecule has 0 heterocycles. The molecule has 0 aliphatic heterocycles. The van der Waals surface area contributed by atoms with Crippen LogP contribution in [0.5, 0.6) is 0 Å². The van der Waals surface area contributed by atoms with Crippen molar-refractivity contribution >= 4 is 7.41 Å². The number of nitrogens with one attached hydrogen (secondary N) is 1. The standard InChI is InChI=1S/C31H60NP/c1-4-7-10-13-16-22-27-33(28-23-17-14-11-8-5-2,29-24-18-15-12-9-6-3)32-30-31-25-20-19-21-26-31/h19-21,25-26,32-33H,4-18,22-24,27-30H2,1-3H3. The summed E-state index contributed by atoms with van der Waals surface area (Å²) >= 11 is 0. The summed E-state index contributed by atoms with van der Waals surface area (Å²) in [5, 5.41) is 4.29. The monoisotopic (exact) mass is 477 g/mol. The summed E-state index contributed by atoms with van der Waals surface area (Å²) in [5.74, 6) is 0. The third-order valence-corrected chi connectivity index (χ3v) is 12.4. The van der Waals surface area contributed by atoms with Gasteiger partial charge < -0.3 is 0 Å². The third-order valence-electron chi connectivity index (χ3n) is 7.54. The molecule has 33 heavy (non-hydrogen) atoms. The molecule has 0 atom stereocenters. The first kappa shape index (κ1) is 30.6. The molecule has 1 nitrogen and oxygen atoms in total. The summed E-state index contributed by atoms with van der Waals surface area (Å²) in [6, 6.07) is 11.2. The first-order chi connectivity index (χ1) is 16.3. The van der Waals surface area contributed by atoms with Gasteiger partial charge in [0.15, 0.2) is 0 Å². The number of hydrogen-bond donors (Lipinski definition) is 1. The van der Waals surface area contributed by atoms with Gasteiger partial charge in [-0.1, -0.05) is 0 Å². The van der Waals surface area contributed by atoms with Crippen LogP contribution in [-0.4, -0.2) is 18.5 Å². The Bertz CT molecular complexity index is 474. The fourth-order valence-electron chi connectivity index (χ4n) is 5.26. The van der Waals surface area contributed by atoms with Gasteiger partial charge in [0.25, 0.3) is 0 Å². The summed E-state index contributed by atoms with van der Waals surface area (Å²) in [5.41, 5.74) is 1.48. The van der Waals surface area contributed by atoms with Gasteiger partial charge >= 0.3 is 210 Å². The molecule has 0 bridgehead atoms. The molecule has 0 radical (unpaired) electrons. The molecule has 0 saturated carbocycles. The van der Waals surface area contributed by atoms with E-state index in [0.29, 0.717) is 0 Å². The van der Waals surface area contributed by atoms with E-state index in [-0.39, 0.29) is 0 Å². The summed E-state index contributed by atoms with van der Waals surface area (Å²) < 4.78 is 0. The second kappa shape index (κ2) is 22.1. The maximum absolute atomic E-state index is 4.29. The molecule has 0 spiro atoms. The fraction of sp³-hybridized carbons (Fsp3) is 0.806. The van der Waals surface area contributed by atoms with Crippen LogP contribution in [0, 0.1) is 0 Å². The summed E-state index contributed by atoms with van der Waals surface area (Å²) in [6.45, 7) is 8.07. The van der Waals surface area contributed by atoms with Gasteiger partial charge in [-0.2, -0.15) is 0 Å². The van der Waals surface area contributed by atoms with Gasteiger partial charge in [-0.05, 0) is 0 Å². The second-order valence-electron chi connectivity index (χ2n) is 10.7. The molecule has 194 valence electrons. The molecule has 0 aliphatic carbocycles. The second-order valence-corrected chi connectivity index (χ2v) is 15.1. The van der Waals surface area contributed by atoms with Crippen LogP contribution in [0.2, 0.25) is 0 Å². The van der Waals surface area contributed by atoms with Crippen LogP contribution in [0.15, 0.2) is 30.3 Å². The molecular formula is C31H60NP. The van der Waals surface area contributed by atoms with Crippen LogP contribution < -0.4 is 5.09 Å². The van der Waals surface area contributed by atoms with Gasteiger partial charge in [0.05, 0.1) is 0 Å². The van der Waals surface area contributed by atoms with Crippen molar-refractivity contribution in [3.8, 4) is 0 Å². The molecule has 0 aromatic heterocycles. The van der Waals surface area contributed by atoms with Gasteiger partial charge in [-0.25, -0.2) is 0 Å². The van der Waals surface area contributed by atoms with E-state index in [1.807, 2.05) is 0 Å². The SMILES string of the molecule is CCCCCCCC[PH](CCCCCCCC)(CCCCCCCC)NCc1ccccc1. The van der Waals surface area contributed by atoms with Crippen molar-refractivity contribution in [2.45, 2.75) is 143 Å². The van der Waals surface area contributed by atoms with E-state index in [9.17, 15) is 0 Å². The normalized spacial score (nSPS) is 12.3. The molecule has 1 aromatic carbocycles. The van der Waals surface area contributed by atoms with E-state index in [4.69, 9.17) is 0 Å². The molecule has 1 rings (SSSR count). The number of rotatable bonds is 24. The first-order valence-corrected chi connectivity index (χ1v) is 17.7. The topological polar surface area (TPSA) is 12.0 Å². The Balaban J connectivity index is 2.68. The Morgan fingerprint density at radius 2 is 0.848 bits per heavy atom. The van der Waals surface area contributed by atoms with Crippen molar-refractivity contribution in [2.24, 2.45) is 0 Å². The van der Waals surface area contributed by atoms with Crippen molar-refractivity contribution in [2.75, 3.05) is 18.5 Å². The number of hydrogen-bond acceptors (Lipinski definition) is 1. The Hall–Kier alpha value is -0.390. The minimum absolute atomic E-state index is 1.09. The van der Waals surface area contributed by atoms with Crippen molar-refractivity contribution in [3.05, 3.63) is 35.9 Å². The predicted molar refractivity (Wildman–Crippen MR) is 156 cm³/mol. The van der Waals surface area contributed by atoms with Gasteiger partial charge in [-0.3, -0.25) is 0 Å². The van der Waals surface area contributed by atoms with Crippen molar-refractivity contribution in [1.29, 1.82) is 0 Å². The molecule has 0 unspecified atom stereocenters. The molecule has 0 amide bonds. The van der Waals surface area contributed by atoms with Gasteiger partial charge in [0.1, 0.15) is 0 Å². The van der Waals surface area contributed by atoms with Crippen LogP contribution >= 0.6 is 7.41 Å². The zero-order chi connectivity index (χ0) is 23.9. The van der Waals surface area contributed by atoms with E-state index in [1.165, 1.54) is 140 Å². The Morgan fingerprint density at radius 3 is 1.24 bits per heavy atom. The molecule has 0 aliphatic rings. The average Bonchev–Trinajstić information content (AvgIpc) is 2.85. The molecular weight excluding hydrogens is 417 g/mol. The summed E-state index contributed by atoms with van der Waals surface area (Å²) in [4.78, 5) is 0. The third kappa shape index (κ3) is 16.8. The van der Waals surface area contributed by atoms with Crippen molar-refractivity contribution in [3.63, 3.8) is 0 Å². The minimum atomic E-state index is -1.43. The fourth-order valence-corrected chi connectivity index (χ4v) is 9.90. The Kier molecular flexibility index (Phi) is 20.5. The molecule has 0 fully saturated rings. The van der Waals surface area contributed by atoms with Crippen LogP contribution in [-0.2, 0) is 6.54 Å². The maximum atomic E-state index is 4.29. The zero-order valence-electron chi connectivity index (χ0n) is 22.9. The van der Waals surface area contributed by atoms with E-state index < -0.39 is 7.41 Å². The van der Waals surface area contributed by atoms with E-state index >= 15 is 0 Å². The van der Waals surface area contributed by atoms with Gasteiger partial charge in [0, 0.05) is 0 Å². The van der Waals surface area contributed by atoms with Crippen molar-refractivity contribution in [1.82, 2.24) is 5.09 Å². The number of unbranched alkanes of at least 4 members (excludes halogenated alkanes) is 15. The van der Waals surface area contributed by atoms with Crippen LogP contribution in [0.4, 0.5) is 0 Å². The van der Waals surface area contributed by atoms with Crippen LogP contribution in [0.25, 0.3) is 0 Å². The van der Waals surface area contributed by atoms with Crippen LogP contribution in [0.1, 0.15) is 142 Å². The first-order valence-electron chi connectivity index (χ1n) is 15.0. The molecule has 0 saturated heterocycles. The summed E-state index contributed by atoms with van der Waals surface area (Å²) in [6.07, 6.45) is 30.3. The van der Waals surface area contributed by atoms with Crippen molar-refractivity contribution < 1.29 is 0 Å². The Labute approximate surface area is 209 Å². The quantitative estimate of drug-likeness (QED) is 0.115.